The van der Waals surface area contributed by atoms with Gasteiger partial charge in [-0.3, -0.25) is 0 Å². The molecule has 1 unspecified atom stereocenters. The molecule has 4 heteroatoms. The van der Waals surface area contributed by atoms with E-state index in [0.717, 1.165) is 61.2 Å². The molecule has 3 saturated carbocycles. The van der Waals surface area contributed by atoms with Crippen molar-refractivity contribution >= 4 is 5.97 Å². The number of hydrogen-bond donors (Lipinski definition) is 2. The first-order valence-corrected chi connectivity index (χ1v) is 21.8. The Bertz CT molecular complexity index is 942. The molecule has 4 rings (SSSR count). The second kappa shape index (κ2) is 22.3. The molecule has 4 aliphatic rings. The fourth-order valence-corrected chi connectivity index (χ4v) is 11.4. The Hall–Kier alpha value is -0.870. The van der Waals surface area contributed by atoms with Crippen LogP contribution >= 0.6 is 0 Å². The Morgan fingerprint density at radius 3 is 1.94 bits per heavy atom. The Morgan fingerprint density at radius 1 is 0.776 bits per heavy atom. The van der Waals surface area contributed by atoms with Crippen molar-refractivity contribution in [3.63, 3.8) is 0 Å². The highest BCUT2D eigenvalue weighted by atomic mass is 17.1. The Kier molecular flexibility index (Phi) is 19.3. The van der Waals surface area contributed by atoms with Gasteiger partial charge in [-0.2, -0.15) is 5.26 Å². The third kappa shape index (κ3) is 12.9. The molecule has 0 aromatic heterocycles. The number of hydrogen-bond acceptors (Lipinski definition) is 4. The maximum Gasteiger partial charge on any atom is 0.342 e. The van der Waals surface area contributed by atoms with Crippen LogP contribution in [-0.4, -0.2) is 22.4 Å². The maximum absolute atomic E-state index is 10.7. The monoisotopic (exact) mass is 687 g/mol. The molecule has 0 aromatic carbocycles. The first-order valence-electron chi connectivity index (χ1n) is 21.8. The van der Waals surface area contributed by atoms with Gasteiger partial charge in [-0.1, -0.05) is 162 Å². The van der Waals surface area contributed by atoms with Crippen LogP contribution < -0.4 is 0 Å². The van der Waals surface area contributed by atoms with Crippen LogP contribution in [0.5, 0.6) is 0 Å². The lowest BCUT2D eigenvalue weighted by Crippen LogP contribution is -2.50. The van der Waals surface area contributed by atoms with Crippen LogP contribution in [0.15, 0.2) is 11.6 Å². The molecule has 0 spiro atoms. The normalized spacial score (nSPS) is 31.2. The van der Waals surface area contributed by atoms with E-state index in [1.165, 1.54) is 141 Å². The van der Waals surface area contributed by atoms with Gasteiger partial charge in [-0.25, -0.2) is 4.79 Å². The average molecular weight is 687 g/mol. The van der Waals surface area contributed by atoms with Gasteiger partial charge in [0.1, 0.15) is 0 Å². The summed E-state index contributed by atoms with van der Waals surface area (Å²) in [6, 6.07) is 0. The SMILES string of the molecule is CC(C)CCCC(C)[C@H]1CC[C@H]2[C@@H]3CC=C4C[C@@H](O)CC[C@]4(C)[C@H]3CC[C@]12C.CCCCCCCCCCCCCCCCCC(=O)OO. The minimum atomic E-state index is -0.510. The standard InChI is InChI=1S/C27H46O.C18H36O3/c1-18(2)7-6-8-19(3)23-11-12-24-22-10-9-20-17-21(28)13-15-26(20,4)25(22)14-16-27(23,24)5;1-2-3-4-5-6-7-8-9-10-11-12-13-14-15-16-17-18(19)21-20/h9,18-19,21-25,28H,6-8,10-17H2,1-5H3;20H,2-17H2,1H3/t19?,21-,22-,23+,24-,25-,26-,27+;/m0./s1. The minimum Gasteiger partial charge on any atom is -0.393 e. The van der Waals surface area contributed by atoms with Gasteiger partial charge < -0.3 is 9.99 Å². The molecule has 2 N–H and O–H groups in total. The number of carbonyl (C=O) groups is 1. The number of rotatable bonds is 21. The van der Waals surface area contributed by atoms with Gasteiger partial charge in [0.05, 0.1) is 6.10 Å². The molecular weight excluding hydrogens is 604 g/mol. The fraction of sp³-hybridized carbons (Fsp3) is 0.933. The van der Waals surface area contributed by atoms with Crippen LogP contribution in [0.3, 0.4) is 0 Å². The van der Waals surface area contributed by atoms with Gasteiger partial charge in [0.25, 0.3) is 0 Å². The van der Waals surface area contributed by atoms with Crippen molar-refractivity contribution in [2.24, 2.45) is 46.3 Å². The van der Waals surface area contributed by atoms with Crippen LogP contribution in [0, 0.1) is 46.3 Å². The summed E-state index contributed by atoms with van der Waals surface area (Å²) in [7, 11) is 0. The Morgan fingerprint density at radius 2 is 1.37 bits per heavy atom. The topological polar surface area (TPSA) is 66.8 Å². The summed E-state index contributed by atoms with van der Waals surface area (Å²) in [5.41, 5.74) is 2.60. The summed E-state index contributed by atoms with van der Waals surface area (Å²) in [4.78, 5) is 14.3. The van der Waals surface area contributed by atoms with E-state index in [9.17, 15) is 9.90 Å². The van der Waals surface area contributed by atoms with E-state index in [0.29, 0.717) is 17.3 Å². The van der Waals surface area contributed by atoms with E-state index in [2.05, 4.69) is 52.5 Å². The predicted molar refractivity (Wildman–Crippen MR) is 207 cm³/mol. The van der Waals surface area contributed by atoms with Crippen LogP contribution in [0.2, 0.25) is 0 Å². The van der Waals surface area contributed by atoms with Crippen molar-refractivity contribution in [1.29, 1.82) is 0 Å². The third-order valence-corrected chi connectivity index (χ3v) is 14.4. The summed E-state index contributed by atoms with van der Waals surface area (Å²) in [5, 5.41) is 18.3. The highest BCUT2D eigenvalue weighted by molar-refractivity contribution is 5.68. The molecule has 0 aromatic rings. The van der Waals surface area contributed by atoms with E-state index in [1.54, 1.807) is 5.57 Å². The van der Waals surface area contributed by atoms with E-state index in [-0.39, 0.29) is 6.10 Å². The second-order valence-electron chi connectivity index (χ2n) is 18.3. The first-order chi connectivity index (χ1) is 23.6. The van der Waals surface area contributed by atoms with Crippen LogP contribution in [0.4, 0.5) is 0 Å². The molecule has 0 aliphatic heterocycles. The largest absolute Gasteiger partial charge is 0.393 e. The van der Waals surface area contributed by atoms with E-state index >= 15 is 0 Å². The summed E-state index contributed by atoms with van der Waals surface area (Å²) < 4.78 is 0. The molecule has 0 radical (unpaired) electrons. The third-order valence-electron chi connectivity index (χ3n) is 14.4. The quantitative estimate of drug-likeness (QED) is 0.0546. The van der Waals surface area contributed by atoms with Gasteiger partial charge in [-0.05, 0) is 104 Å². The van der Waals surface area contributed by atoms with E-state index < -0.39 is 5.97 Å². The number of aliphatic hydroxyl groups excluding tert-OH is 1. The van der Waals surface area contributed by atoms with E-state index in [1.807, 2.05) is 0 Å². The van der Waals surface area contributed by atoms with Gasteiger partial charge in [-0.15, -0.1) is 0 Å². The molecule has 0 bridgehead atoms. The predicted octanol–water partition coefficient (Wildman–Crippen LogP) is 13.7. The van der Waals surface area contributed by atoms with Gasteiger partial charge in [0, 0.05) is 6.42 Å². The molecule has 0 saturated heterocycles. The zero-order valence-electron chi connectivity index (χ0n) is 33.4. The van der Waals surface area contributed by atoms with Gasteiger partial charge in [0.2, 0.25) is 0 Å². The number of allylic oxidation sites excluding steroid dienone is 1. The minimum absolute atomic E-state index is 0.0766. The highest BCUT2D eigenvalue weighted by Crippen LogP contribution is 2.67. The molecule has 49 heavy (non-hydrogen) atoms. The number of aliphatic hydroxyl groups is 1. The van der Waals surface area contributed by atoms with E-state index in [4.69, 9.17) is 5.26 Å². The lowest BCUT2D eigenvalue weighted by atomic mass is 9.47. The molecule has 8 atom stereocenters. The lowest BCUT2D eigenvalue weighted by molar-refractivity contribution is -0.234. The molecule has 3 fully saturated rings. The van der Waals surface area contributed by atoms with Crippen molar-refractivity contribution in [3.05, 3.63) is 11.6 Å². The smallest absolute Gasteiger partial charge is 0.342 e. The van der Waals surface area contributed by atoms with Crippen molar-refractivity contribution in [1.82, 2.24) is 0 Å². The average Bonchev–Trinajstić information content (AvgIpc) is 3.44. The first kappa shape index (κ1) is 42.5. The van der Waals surface area contributed by atoms with Gasteiger partial charge >= 0.3 is 5.97 Å². The van der Waals surface area contributed by atoms with Crippen molar-refractivity contribution < 1.29 is 20.0 Å². The lowest BCUT2D eigenvalue weighted by Gasteiger charge is -2.58. The highest BCUT2D eigenvalue weighted by Gasteiger charge is 2.59. The second-order valence-corrected chi connectivity index (χ2v) is 18.3. The summed E-state index contributed by atoms with van der Waals surface area (Å²) in [6.45, 7) is 14.8. The molecular formula is C45H82O4. The number of carbonyl (C=O) groups excluding carboxylic acids is 1. The summed E-state index contributed by atoms with van der Waals surface area (Å²) in [6.07, 6.45) is 37.2. The maximum atomic E-state index is 10.7. The van der Waals surface area contributed by atoms with Gasteiger partial charge in [0.15, 0.2) is 0 Å². The molecule has 0 amide bonds. The van der Waals surface area contributed by atoms with Crippen molar-refractivity contribution in [3.8, 4) is 0 Å². The van der Waals surface area contributed by atoms with Crippen molar-refractivity contribution in [2.75, 3.05) is 0 Å². The van der Waals surface area contributed by atoms with Crippen LogP contribution in [-0.2, 0) is 9.68 Å². The zero-order valence-corrected chi connectivity index (χ0v) is 33.4. The summed E-state index contributed by atoms with van der Waals surface area (Å²) in [5.74, 6) is 4.95. The number of unbranched alkanes of at least 4 members (excludes halogenated alkanes) is 14. The van der Waals surface area contributed by atoms with Crippen LogP contribution in [0.25, 0.3) is 0 Å². The molecule has 286 valence electrons. The zero-order chi connectivity index (χ0) is 35.7. The fourth-order valence-electron chi connectivity index (χ4n) is 11.4. The summed E-state index contributed by atoms with van der Waals surface area (Å²) >= 11 is 0. The Balaban J connectivity index is 0.000000279. The van der Waals surface area contributed by atoms with Crippen molar-refractivity contribution in [2.45, 2.75) is 221 Å². The Labute approximate surface area is 304 Å². The molecule has 4 aliphatic carbocycles. The number of fused-ring (bicyclic) bond motifs is 5. The molecule has 0 heterocycles. The molecule has 4 nitrogen and oxygen atoms in total. The van der Waals surface area contributed by atoms with Crippen LogP contribution in [0.1, 0.15) is 215 Å².